The lowest BCUT2D eigenvalue weighted by Crippen LogP contribution is -2.65. The minimum atomic E-state index is -0.623. The molecule has 6 heteroatoms. The van der Waals surface area contributed by atoms with Crippen molar-refractivity contribution in [3.63, 3.8) is 0 Å². The average Bonchev–Trinajstić information content (AvgIpc) is 1.54. The van der Waals surface area contributed by atoms with Crippen molar-refractivity contribution < 1.29 is 0 Å². The molecular weight excluding hydrogens is 1460 g/mol. The number of para-hydroxylation sites is 2. The van der Waals surface area contributed by atoms with Crippen LogP contribution in [0.5, 0.6) is 0 Å². The maximum Gasteiger partial charge on any atom is 0.252 e. The molecule has 2 aliphatic carbocycles. The maximum atomic E-state index is 2.74. The Morgan fingerprint density at radius 1 is 0.198 bits per heavy atom. The third-order valence-corrected chi connectivity index (χ3v) is 27.5. The van der Waals surface area contributed by atoms with Gasteiger partial charge in [0.2, 0.25) is 0 Å². The van der Waals surface area contributed by atoms with Crippen molar-refractivity contribution >= 4 is 114 Å². The van der Waals surface area contributed by atoms with Crippen molar-refractivity contribution in [2.75, 3.05) is 19.6 Å². The smallest absolute Gasteiger partial charge is 0.252 e. The molecule has 0 fully saturated rings. The lowest BCUT2D eigenvalue weighted by Gasteiger charge is -2.48. The zero-order valence-corrected chi connectivity index (χ0v) is 73.5. The normalized spacial score (nSPS) is 14.5. The zero-order chi connectivity index (χ0) is 83.7. The fourth-order valence-electron chi connectivity index (χ4n) is 21.2. The van der Waals surface area contributed by atoms with E-state index in [1.165, 1.54) is 173 Å². The molecule has 4 nitrogen and oxygen atoms in total. The Labute approximate surface area is 718 Å². The van der Waals surface area contributed by atoms with E-state index in [4.69, 9.17) is 0 Å². The van der Waals surface area contributed by atoms with Crippen LogP contribution in [0.15, 0.2) is 315 Å². The van der Waals surface area contributed by atoms with Gasteiger partial charge < -0.3 is 19.6 Å². The van der Waals surface area contributed by atoms with Crippen molar-refractivity contribution in [3.05, 3.63) is 371 Å². The lowest BCUT2D eigenvalue weighted by molar-refractivity contribution is 0.568. The second-order valence-electron chi connectivity index (χ2n) is 41.3. The summed E-state index contributed by atoms with van der Waals surface area (Å²) in [6.07, 6.45) is 0. The van der Waals surface area contributed by atoms with Gasteiger partial charge in [0, 0.05) is 68.1 Å². The Morgan fingerprint density at radius 2 is 0.570 bits per heavy atom. The number of benzene rings is 15. The first kappa shape index (κ1) is 76.1. The van der Waals surface area contributed by atoms with Crippen LogP contribution >= 0.6 is 0 Å². The number of anilines is 12. The Balaban J connectivity index is 0.912. The SMILES string of the molecule is CC(C)(C)c1cccc(-c2cc3c4c(c2)N(c2ccc(C(C)(C)C)cc2-c2ccccc2)c2ccccc2B4c2cc4c(cc2N3c2cccc(C(C)(C)C)c2)N(c2cccc(C(C)(C)C)c2)c2cc(-c3cccc5c3C3(c6ccccc6-c6ccccc63)c3ccccc3-5)cc3c2B4c2ccccc2N3c2cc(C(C)(C)C)cc(C(C)(C)C)c2)c1. The molecule has 0 unspecified atom stereocenters. The van der Waals surface area contributed by atoms with Gasteiger partial charge in [-0.1, -0.05) is 349 Å². The van der Waals surface area contributed by atoms with Crippen LogP contribution in [0.2, 0.25) is 0 Å². The topological polar surface area (TPSA) is 13.0 Å². The molecule has 0 atom stereocenters. The molecule has 0 amide bonds. The molecule has 0 aromatic heterocycles. The molecule has 4 heterocycles. The van der Waals surface area contributed by atoms with Crippen molar-refractivity contribution in [3.8, 4) is 55.6 Å². The Hall–Kier alpha value is -12.4. The van der Waals surface area contributed by atoms with Crippen LogP contribution in [-0.2, 0) is 37.9 Å². The van der Waals surface area contributed by atoms with E-state index in [-0.39, 0.29) is 45.9 Å². The highest BCUT2D eigenvalue weighted by Gasteiger charge is 2.55. The second kappa shape index (κ2) is 26.8. The van der Waals surface area contributed by atoms with Crippen molar-refractivity contribution in [1.82, 2.24) is 0 Å². The molecule has 0 saturated heterocycles. The highest BCUT2D eigenvalue weighted by atomic mass is 15.2. The van der Waals surface area contributed by atoms with Gasteiger partial charge in [-0.2, -0.15) is 0 Å². The summed E-state index contributed by atoms with van der Waals surface area (Å²) in [5.41, 5.74) is 45.4. The number of rotatable bonds is 7. The van der Waals surface area contributed by atoms with E-state index in [1.54, 1.807) is 0 Å². The molecular formula is C115H106B2N4. The standard InChI is InChI=1S/C115H106B2N4/c1-109(2,3)75-39-32-38-72(58-75)73-59-102-108-105(60-73)121(97-57-56-78(112(10,11)12)68-89(97)71-36-20-19-21-37-71)99-55-31-29-53-94(99)117(108)96-69-95-101(70-100(96)118(102)81-42-33-40-76(64-81)110(4,5)6)119(82-43-34-41-77(65-82)111(7,8)9)103-61-74(62-104-107(103)116(95)93-52-28-30-54-98(93)120(104)83-66-79(113(13,14)15)63-80(67-83)114(16,17)18)84-47-35-48-88-87-46-24-27-51-92(87)115(106(84)88)90-49-25-22-44-85(90)86-45-23-26-50-91(86)115/h19-70H,1-18H3. The largest absolute Gasteiger partial charge is 0.311 e. The van der Waals surface area contributed by atoms with Gasteiger partial charge in [0.1, 0.15) is 0 Å². The van der Waals surface area contributed by atoms with Gasteiger partial charge in [0.25, 0.3) is 13.4 Å². The fourth-order valence-corrected chi connectivity index (χ4v) is 21.2. The van der Waals surface area contributed by atoms with E-state index >= 15 is 0 Å². The summed E-state index contributed by atoms with van der Waals surface area (Å²) < 4.78 is 0. The van der Waals surface area contributed by atoms with Gasteiger partial charge in [0.05, 0.1) is 11.1 Å². The highest BCUT2D eigenvalue weighted by molar-refractivity contribution is 7.03. The summed E-state index contributed by atoms with van der Waals surface area (Å²) in [5, 5.41) is 0. The quantitative estimate of drug-likeness (QED) is 0.147. The molecule has 1 spiro atoms. The number of nitrogens with zero attached hydrogens (tertiary/aromatic N) is 4. The van der Waals surface area contributed by atoms with Gasteiger partial charge in [0.15, 0.2) is 0 Å². The van der Waals surface area contributed by atoms with Gasteiger partial charge in [-0.05, 0) is 262 Å². The zero-order valence-electron chi connectivity index (χ0n) is 73.5. The summed E-state index contributed by atoms with van der Waals surface area (Å²) >= 11 is 0. The van der Waals surface area contributed by atoms with Crippen LogP contribution < -0.4 is 52.4 Å². The van der Waals surface area contributed by atoms with Crippen molar-refractivity contribution in [2.45, 2.75) is 163 Å². The average molecular weight is 1570 g/mol. The lowest BCUT2D eigenvalue weighted by atomic mass is 9.30. The van der Waals surface area contributed by atoms with E-state index in [2.05, 4.69) is 460 Å². The van der Waals surface area contributed by atoms with Crippen molar-refractivity contribution in [1.29, 1.82) is 0 Å². The molecule has 4 aliphatic heterocycles. The summed E-state index contributed by atoms with van der Waals surface area (Å²) in [4.78, 5) is 10.8. The number of fused-ring (bicyclic) bond motifs is 18. The maximum absolute atomic E-state index is 2.74. The Bertz CT molecular complexity index is 6740. The van der Waals surface area contributed by atoms with Crippen LogP contribution in [0.4, 0.5) is 68.2 Å². The van der Waals surface area contributed by atoms with Crippen LogP contribution in [-0.4, -0.2) is 13.4 Å². The van der Waals surface area contributed by atoms with Crippen LogP contribution in [0.1, 0.15) is 180 Å². The Morgan fingerprint density at radius 3 is 1.07 bits per heavy atom. The number of hydrogen-bond acceptors (Lipinski definition) is 4. The third-order valence-electron chi connectivity index (χ3n) is 27.5. The minimum Gasteiger partial charge on any atom is -0.311 e. The molecule has 592 valence electrons. The van der Waals surface area contributed by atoms with Gasteiger partial charge in [-0.15, -0.1) is 0 Å². The first-order valence-electron chi connectivity index (χ1n) is 43.9. The molecule has 15 aromatic carbocycles. The first-order valence-corrected chi connectivity index (χ1v) is 43.9. The molecule has 6 aliphatic rings. The molecule has 0 saturated carbocycles. The fraction of sp³-hybridized carbons (Fsp3) is 0.217. The van der Waals surface area contributed by atoms with Crippen LogP contribution in [0, 0.1) is 0 Å². The van der Waals surface area contributed by atoms with Crippen molar-refractivity contribution in [2.24, 2.45) is 0 Å². The van der Waals surface area contributed by atoms with Crippen LogP contribution in [0.25, 0.3) is 55.6 Å². The summed E-state index contributed by atoms with van der Waals surface area (Å²) in [6, 6.07) is 124. The van der Waals surface area contributed by atoms with Gasteiger partial charge >= 0.3 is 0 Å². The summed E-state index contributed by atoms with van der Waals surface area (Å²) in [6.45, 7) is 42.1. The van der Waals surface area contributed by atoms with Gasteiger partial charge in [-0.25, -0.2) is 0 Å². The number of hydrogen-bond donors (Lipinski definition) is 0. The second-order valence-corrected chi connectivity index (χ2v) is 41.3. The Kier molecular flexibility index (Phi) is 16.9. The molecule has 121 heavy (non-hydrogen) atoms. The predicted molar refractivity (Wildman–Crippen MR) is 519 cm³/mol. The van der Waals surface area contributed by atoms with Crippen LogP contribution in [0.3, 0.4) is 0 Å². The van der Waals surface area contributed by atoms with E-state index in [0.717, 1.165) is 39.7 Å². The van der Waals surface area contributed by atoms with E-state index in [1.807, 2.05) is 0 Å². The molecule has 0 bridgehead atoms. The molecule has 21 rings (SSSR count). The van der Waals surface area contributed by atoms with E-state index < -0.39 is 5.41 Å². The van der Waals surface area contributed by atoms with E-state index in [9.17, 15) is 0 Å². The highest BCUT2D eigenvalue weighted by Crippen LogP contribution is 2.65. The van der Waals surface area contributed by atoms with E-state index in [0.29, 0.717) is 0 Å². The molecule has 15 aromatic rings. The van der Waals surface area contributed by atoms with Gasteiger partial charge in [-0.3, -0.25) is 0 Å². The minimum absolute atomic E-state index is 0.0996. The molecule has 0 radical (unpaired) electrons. The molecule has 0 N–H and O–H groups in total. The monoisotopic (exact) mass is 1560 g/mol. The third kappa shape index (κ3) is 11.8. The summed E-state index contributed by atoms with van der Waals surface area (Å²) in [7, 11) is 0. The predicted octanol–water partition coefficient (Wildman–Crippen LogP) is 27.0. The first-order chi connectivity index (χ1) is 57.8. The summed E-state index contributed by atoms with van der Waals surface area (Å²) in [5.74, 6) is 0.